The highest BCUT2D eigenvalue weighted by Gasteiger charge is 2.33. The molecule has 0 saturated heterocycles. The maximum atomic E-state index is 12.6. The molecule has 0 aromatic carbocycles. The van der Waals surface area contributed by atoms with Crippen molar-refractivity contribution in [3.8, 4) is 0 Å². The molecule has 0 spiro atoms. The number of hydrogen-bond acceptors (Lipinski definition) is 2. The summed E-state index contributed by atoms with van der Waals surface area (Å²) in [7, 11) is 0. The molecule has 0 N–H and O–H groups in total. The first-order chi connectivity index (χ1) is 13.0. The van der Waals surface area contributed by atoms with Gasteiger partial charge < -0.3 is 4.74 Å². The van der Waals surface area contributed by atoms with Crippen LogP contribution in [0.15, 0.2) is 0 Å². The Bertz CT molecular complexity index is 370. The van der Waals surface area contributed by atoms with Gasteiger partial charge in [-0.3, -0.25) is 4.79 Å². The molecule has 0 bridgehead atoms. The Balaban J connectivity index is 0.00000176. The molecule has 2 nitrogen and oxygen atoms in total. The first-order valence-corrected chi connectivity index (χ1v) is 12.3. The summed E-state index contributed by atoms with van der Waals surface area (Å²) < 4.78 is 5.91. The monoisotopic (exact) mass is 380 g/mol. The van der Waals surface area contributed by atoms with E-state index in [1.807, 2.05) is 13.8 Å². The van der Waals surface area contributed by atoms with Crippen LogP contribution in [0.4, 0.5) is 0 Å². The number of hydrogen-bond donors (Lipinski definition) is 0. The van der Waals surface area contributed by atoms with E-state index in [2.05, 4.69) is 27.7 Å². The third-order valence-electron chi connectivity index (χ3n) is 7.12. The van der Waals surface area contributed by atoms with E-state index in [4.69, 9.17) is 4.74 Å². The molecule has 2 heteroatoms. The van der Waals surface area contributed by atoms with Gasteiger partial charge in [-0.05, 0) is 82.0 Å². The minimum atomic E-state index is 0.0879. The molecule has 1 unspecified atom stereocenters. The molecule has 160 valence electrons. The predicted octanol–water partition coefficient (Wildman–Crippen LogP) is 7.79. The minimum Gasteiger partial charge on any atom is -0.462 e. The van der Waals surface area contributed by atoms with Gasteiger partial charge in [0.15, 0.2) is 0 Å². The van der Waals surface area contributed by atoms with Gasteiger partial charge in [0, 0.05) is 0 Å². The zero-order valence-electron chi connectivity index (χ0n) is 19.3. The Morgan fingerprint density at radius 3 is 1.74 bits per heavy atom. The van der Waals surface area contributed by atoms with Gasteiger partial charge in [-0.25, -0.2) is 0 Å². The normalized spacial score (nSPS) is 29.6. The van der Waals surface area contributed by atoms with Crippen LogP contribution in [0.1, 0.15) is 119 Å². The summed E-state index contributed by atoms with van der Waals surface area (Å²) in [6, 6.07) is 0. The summed E-state index contributed by atoms with van der Waals surface area (Å²) >= 11 is 0. The van der Waals surface area contributed by atoms with Crippen LogP contribution in [0.25, 0.3) is 0 Å². The molecule has 0 aliphatic heterocycles. The second-order valence-electron chi connectivity index (χ2n) is 9.11. The van der Waals surface area contributed by atoms with Crippen LogP contribution in [-0.4, -0.2) is 12.1 Å². The zero-order chi connectivity index (χ0) is 20.2. The van der Waals surface area contributed by atoms with Gasteiger partial charge in [0.05, 0.1) is 5.92 Å². The lowest BCUT2D eigenvalue weighted by Gasteiger charge is -2.37. The second-order valence-corrected chi connectivity index (χ2v) is 9.11. The molecule has 2 rings (SSSR count). The summed E-state index contributed by atoms with van der Waals surface area (Å²) in [6.07, 6.45) is 15.1. The fraction of sp³-hybridized carbons (Fsp3) is 0.960. The number of carbonyl (C=O) groups is 1. The van der Waals surface area contributed by atoms with Crippen molar-refractivity contribution in [3.05, 3.63) is 0 Å². The first kappa shape index (κ1) is 24.5. The van der Waals surface area contributed by atoms with Crippen molar-refractivity contribution in [1.82, 2.24) is 0 Å². The molecule has 0 heterocycles. The van der Waals surface area contributed by atoms with Gasteiger partial charge in [0.1, 0.15) is 6.10 Å². The number of carbonyl (C=O) groups excluding carboxylic acids is 1. The molecule has 2 aliphatic rings. The Labute approximate surface area is 170 Å². The first-order valence-electron chi connectivity index (χ1n) is 12.3. The number of ether oxygens (including phenoxy) is 1. The quantitative estimate of drug-likeness (QED) is 0.402. The lowest BCUT2D eigenvalue weighted by molar-refractivity contribution is -0.157. The van der Waals surface area contributed by atoms with Gasteiger partial charge >= 0.3 is 5.97 Å². The average Bonchev–Trinajstić information content (AvgIpc) is 2.70. The fourth-order valence-electron chi connectivity index (χ4n) is 5.31. The van der Waals surface area contributed by atoms with Crippen molar-refractivity contribution in [2.24, 2.45) is 29.6 Å². The van der Waals surface area contributed by atoms with E-state index in [9.17, 15) is 4.79 Å². The lowest BCUT2D eigenvalue weighted by atomic mass is 9.69. The largest absolute Gasteiger partial charge is 0.462 e. The molecule has 2 aliphatic carbocycles. The van der Waals surface area contributed by atoms with E-state index in [1.165, 1.54) is 64.2 Å². The van der Waals surface area contributed by atoms with E-state index in [1.54, 1.807) is 0 Å². The van der Waals surface area contributed by atoms with Crippen molar-refractivity contribution < 1.29 is 9.53 Å². The van der Waals surface area contributed by atoms with Crippen molar-refractivity contribution in [2.45, 2.75) is 125 Å². The SMILES string of the molecule is CC.CCCC(CCC)C(C)OC(=O)C1CCC(C2CCC(C)CC2)CC1. The summed E-state index contributed by atoms with van der Waals surface area (Å²) in [4.78, 5) is 12.6. The molecule has 0 aromatic heterocycles. The molecule has 2 saturated carbocycles. The zero-order valence-corrected chi connectivity index (χ0v) is 19.3. The van der Waals surface area contributed by atoms with Gasteiger partial charge in [-0.2, -0.15) is 0 Å². The lowest BCUT2D eigenvalue weighted by Crippen LogP contribution is -2.32. The Hall–Kier alpha value is -0.530. The highest BCUT2D eigenvalue weighted by atomic mass is 16.5. The van der Waals surface area contributed by atoms with Crippen LogP contribution in [0.3, 0.4) is 0 Å². The number of rotatable bonds is 8. The van der Waals surface area contributed by atoms with Crippen LogP contribution >= 0.6 is 0 Å². The molecule has 1 atom stereocenters. The molecule has 0 aromatic rings. The van der Waals surface area contributed by atoms with Crippen LogP contribution in [-0.2, 0) is 9.53 Å². The minimum absolute atomic E-state index is 0.0879. The maximum Gasteiger partial charge on any atom is 0.309 e. The van der Waals surface area contributed by atoms with Crippen molar-refractivity contribution in [1.29, 1.82) is 0 Å². The van der Waals surface area contributed by atoms with E-state index in [0.29, 0.717) is 5.92 Å². The Kier molecular flexibility index (Phi) is 12.4. The summed E-state index contributed by atoms with van der Waals surface area (Å²) in [5, 5.41) is 0. The van der Waals surface area contributed by atoms with Gasteiger partial charge in [-0.15, -0.1) is 0 Å². The molecule has 0 radical (unpaired) electrons. The summed E-state index contributed by atoms with van der Waals surface area (Å²) in [6.45, 7) is 13.0. The summed E-state index contributed by atoms with van der Waals surface area (Å²) in [5.41, 5.74) is 0. The van der Waals surface area contributed by atoms with Crippen LogP contribution in [0, 0.1) is 29.6 Å². The second kappa shape index (κ2) is 13.6. The van der Waals surface area contributed by atoms with Gasteiger partial charge in [0.2, 0.25) is 0 Å². The average molecular weight is 381 g/mol. The van der Waals surface area contributed by atoms with Crippen molar-refractivity contribution >= 4 is 5.97 Å². The smallest absolute Gasteiger partial charge is 0.309 e. The Morgan fingerprint density at radius 1 is 0.852 bits per heavy atom. The van der Waals surface area contributed by atoms with Crippen molar-refractivity contribution in [3.63, 3.8) is 0 Å². The van der Waals surface area contributed by atoms with E-state index in [-0.39, 0.29) is 18.0 Å². The third-order valence-corrected chi connectivity index (χ3v) is 7.12. The highest BCUT2D eigenvalue weighted by Crippen LogP contribution is 2.41. The fourth-order valence-corrected chi connectivity index (χ4v) is 5.31. The van der Waals surface area contributed by atoms with E-state index < -0.39 is 0 Å². The van der Waals surface area contributed by atoms with Crippen molar-refractivity contribution in [2.75, 3.05) is 0 Å². The Morgan fingerprint density at radius 2 is 1.30 bits per heavy atom. The number of esters is 1. The van der Waals surface area contributed by atoms with Gasteiger partial charge in [-0.1, -0.05) is 60.3 Å². The summed E-state index contributed by atoms with van der Waals surface area (Å²) in [5.74, 6) is 3.56. The third kappa shape index (κ3) is 8.16. The topological polar surface area (TPSA) is 26.3 Å². The molecule has 0 amide bonds. The predicted molar refractivity (Wildman–Crippen MR) is 117 cm³/mol. The van der Waals surface area contributed by atoms with E-state index >= 15 is 0 Å². The molecule has 2 fully saturated rings. The van der Waals surface area contributed by atoms with Crippen LogP contribution in [0.5, 0.6) is 0 Å². The standard InChI is InChI=1S/C23H42O2.C2H6/c1-5-7-19(8-6-2)18(4)25-23(24)22-15-13-21(14-16-22)20-11-9-17(3)10-12-20;1-2/h17-22H,5-16H2,1-4H3;1-2H3. The van der Waals surface area contributed by atoms with Gasteiger partial charge in [0.25, 0.3) is 0 Å². The van der Waals surface area contributed by atoms with E-state index in [0.717, 1.165) is 30.6 Å². The molecular weight excluding hydrogens is 332 g/mol. The van der Waals surface area contributed by atoms with Crippen LogP contribution in [0.2, 0.25) is 0 Å². The molecule has 27 heavy (non-hydrogen) atoms. The maximum absolute atomic E-state index is 12.6. The molecular formula is C25H48O2. The van der Waals surface area contributed by atoms with Crippen LogP contribution < -0.4 is 0 Å². The highest BCUT2D eigenvalue weighted by molar-refractivity contribution is 5.72.